The summed E-state index contributed by atoms with van der Waals surface area (Å²) in [7, 11) is 0. The summed E-state index contributed by atoms with van der Waals surface area (Å²) in [5, 5.41) is 14.3. The molecular weight excluding hydrogens is 248 g/mol. The van der Waals surface area contributed by atoms with Gasteiger partial charge in [-0.15, -0.1) is 0 Å². The molecule has 1 saturated heterocycles. The third-order valence-electron chi connectivity index (χ3n) is 3.03. The topological polar surface area (TPSA) is 95.5 Å². The summed E-state index contributed by atoms with van der Waals surface area (Å²) >= 11 is 0. The van der Waals surface area contributed by atoms with E-state index < -0.39 is 12.0 Å². The summed E-state index contributed by atoms with van der Waals surface area (Å²) in [6, 6.07) is 6.15. The Bertz CT molecular complexity index is 527. The van der Waals surface area contributed by atoms with Crippen molar-refractivity contribution in [2.75, 3.05) is 0 Å². The summed E-state index contributed by atoms with van der Waals surface area (Å²) < 4.78 is 0. The normalized spacial score (nSPS) is 19.1. The first-order valence-electron chi connectivity index (χ1n) is 5.96. The molecule has 0 aromatic heterocycles. The van der Waals surface area contributed by atoms with Crippen molar-refractivity contribution in [3.05, 3.63) is 35.4 Å². The average Bonchev–Trinajstić information content (AvgIpc) is 2.38. The van der Waals surface area contributed by atoms with Gasteiger partial charge in [0.05, 0.1) is 11.6 Å². The predicted molar refractivity (Wildman–Crippen MR) is 66.4 cm³/mol. The number of carbonyl (C=O) groups excluding carboxylic acids is 2. The minimum absolute atomic E-state index is 0.210. The van der Waals surface area contributed by atoms with Crippen molar-refractivity contribution in [3.63, 3.8) is 0 Å². The SMILES string of the molecule is O=C1CCC(NCc2ccccc2C(=O)O)C(=O)N1. The zero-order valence-corrected chi connectivity index (χ0v) is 10.2. The van der Waals surface area contributed by atoms with Crippen LogP contribution in [-0.4, -0.2) is 28.9 Å². The van der Waals surface area contributed by atoms with Crippen LogP contribution in [0.5, 0.6) is 0 Å². The molecule has 6 heteroatoms. The highest BCUT2D eigenvalue weighted by molar-refractivity contribution is 6.00. The van der Waals surface area contributed by atoms with Gasteiger partial charge in [-0.05, 0) is 18.1 Å². The Kier molecular flexibility index (Phi) is 3.91. The van der Waals surface area contributed by atoms with Crippen LogP contribution in [0.3, 0.4) is 0 Å². The molecule has 1 heterocycles. The van der Waals surface area contributed by atoms with E-state index in [-0.39, 0.29) is 23.9 Å². The third-order valence-corrected chi connectivity index (χ3v) is 3.03. The van der Waals surface area contributed by atoms with Gasteiger partial charge in [0.2, 0.25) is 11.8 Å². The lowest BCUT2D eigenvalue weighted by Gasteiger charge is -2.22. The number of hydrogen-bond acceptors (Lipinski definition) is 4. The average molecular weight is 262 g/mol. The Morgan fingerprint density at radius 3 is 2.79 bits per heavy atom. The Balaban J connectivity index is 2.01. The summed E-state index contributed by atoms with van der Waals surface area (Å²) in [5.41, 5.74) is 0.821. The lowest BCUT2D eigenvalue weighted by molar-refractivity contribution is -0.134. The molecule has 100 valence electrons. The number of piperidine rings is 1. The number of imide groups is 1. The number of benzene rings is 1. The van der Waals surface area contributed by atoms with Gasteiger partial charge in [0.25, 0.3) is 0 Å². The monoisotopic (exact) mass is 262 g/mol. The van der Waals surface area contributed by atoms with Crippen LogP contribution < -0.4 is 10.6 Å². The van der Waals surface area contributed by atoms with Gasteiger partial charge in [0.15, 0.2) is 0 Å². The number of rotatable bonds is 4. The second-order valence-corrected chi connectivity index (χ2v) is 4.35. The molecule has 0 bridgehead atoms. The fourth-order valence-corrected chi connectivity index (χ4v) is 2.00. The molecule has 0 aliphatic carbocycles. The molecule has 1 aromatic carbocycles. The van der Waals surface area contributed by atoms with E-state index in [1.54, 1.807) is 18.2 Å². The van der Waals surface area contributed by atoms with E-state index in [2.05, 4.69) is 10.6 Å². The Hall–Kier alpha value is -2.21. The molecule has 19 heavy (non-hydrogen) atoms. The number of amides is 2. The van der Waals surface area contributed by atoms with Crippen molar-refractivity contribution in [2.45, 2.75) is 25.4 Å². The van der Waals surface area contributed by atoms with Gasteiger partial charge in [-0.2, -0.15) is 0 Å². The zero-order chi connectivity index (χ0) is 13.8. The summed E-state index contributed by atoms with van der Waals surface area (Å²) in [6.07, 6.45) is 0.726. The first-order chi connectivity index (χ1) is 9.08. The minimum atomic E-state index is -0.999. The first-order valence-corrected chi connectivity index (χ1v) is 5.96. The van der Waals surface area contributed by atoms with Gasteiger partial charge >= 0.3 is 5.97 Å². The van der Waals surface area contributed by atoms with E-state index in [0.717, 1.165) is 0 Å². The van der Waals surface area contributed by atoms with Crippen LogP contribution >= 0.6 is 0 Å². The maximum atomic E-state index is 11.5. The number of aromatic carboxylic acids is 1. The predicted octanol–water partition coefficient (Wildman–Crippen LogP) is 0.280. The maximum absolute atomic E-state index is 11.5. The molecule has 2 rings (SSSR count). The molecule has 1 aromatic rings. The standard InChI is InChI=1S/C13H14N2O4/c16-11-6-5-10(12(17)15-11)14-7-8-3-1-2-4-9(8)13(18)19/h1-4,10,14H,5-7H2,(H,18,19)(H,15,16,17). The van der Waals surface area contributed by atoms with E-state index in [0.29, 0.717) is 18.4 Å². The highest BCUT2D eigenvalue weighted by Crippen LogP contribution is 2.10. The van der Waals surface area contributed by atoms with Gasteiger partial charge in [0, 0.05) is 13.0 Å². The van der Waals surface area contributed by atoms with Gasteiger partial charge in [-0.3, -0.25) is 14.9 Å². The van der Waals surface area contributed by atoms with Crippen molar-refractivity contribution in [1.82, 2.24) is 10.6 Å². The fourth-order valence-electron chi connectivity index (χ4n) is 2.00. The first kappa shape index (κ1) is 13.2. The van der Waals surface area contributed by atoms with Gasteiger partial charge in [0.1, 0.15) is 0 Å². The largest absolute Gasteiger partial charge is 0.478 e. The van der Waals surface area contributed by atoms with Crippen molar-refractivity contribution in [2.24, 2.45) is 0 Å². The van der Waals surface area contributed by atoms with E-state index in [1.165, 1.54) is 6.07 Å². The lowest BCUT2D eigenvalue weighted by atomic mass is 10.0. The zero-order valence-electron chi connectivity index (χ0n) is 10.2. The highest BCUT2D eigenvalue weighted by Gasteiger charge is 2.26. The molecule has 2 amide bonds. The molecular formula is C13H14N2O4. The van der Waals surface area contributed by atoms with Crippen LogP contribution in [0.4, 0.5) is 0 Å². The van der Waals surface area contributed by atoms with Crippen molar-refractivity contribution in [1.29, 1.82) is 0 Å². The number of nitrogens with one attached hydrogen (secondary N) is 2. The van der Waals surface area contributed by atoms with E-state index in [4.69, 9.17) is 5.11 Å². The molecule has 3 N–H and O–H groups in total. The molecule has 1 aliphatic heterocycles. The van der Waals surface area contributed by atoms with Crippen LogP contribution in [0, 0.1) is 0 Å². The number of carbonyl (C=O) groups is 3. The third kappa shape index (κ3) is 3.17. The molecule has 0 spiro atoms. The molecule has 0 saturated carbocycles. The Labute approximate surface area is 109 Å². The van der Waals surface area contributed by atoms with Crippen molar-refractivity contribution >= 4 is 17.8 Å². The van der Waals surface area contributed by atoms with Crippen LogP contribution in [0.25, 0.3) is 0 Å². The van der Waals surface area contributed by atoms with Crippen LogP contribution in [0.15, 0.2) is 24.3 Å². The van der Waals surface area contributed by atoms with Crippen LogP contribution in [0.2, 0.25) is 0 Å². The molecule has 1 fully saturated rings. The lowest BCUT2D eigenvalue weighted by Crippen LogP contribution is -2.50. The Morgan fingerprint density at radius 2 is 2.11 bits per heavy atom. The number of hydrogen-bond donors (Lipinski definition) is 3. The van der Waals surface area contributed by atoms with Gasteiger partial charge in [-0.25, -0.2) is 4.79 Å². The van der Waals surface area contributed by atoms with Crippen LogP contribution in [-0.2, 0) is 16.1 Å². The minimum Gasteiger partial charge on any atom is -0.478 e. The van der Waals surface area contributed by atoms with Gasteiger partial charge < -0.3 is 10.4 Å². The van der Waals surface area contributed by atoms with E-state index in [9.17, 15) is 14.4 Å². The fraction of sp³-hybridized carbons (Fsp3) is 0.308. The molecule has 1 unspecified atom stereocenters. The molecule has 1 atom stereocenters. The second kappa shape index (κ2) is 5.62. The Morgan fingerprint density at radius 1 is 1.37 bits per heavy atom. The molecule has 1 aliphatic rings. The van der Waals surface area contributed by atoms with E-state index in [1.807, 2.05) is 0 Å². The highest BCUT2D eigenvalue weighted by atomic mass is 16.4. The smallest absolute Gasteiger partial charge is 0.336 e. The maximum Gasteiger partial charge on any atom is 0.336 e. The molecule has 0 radical (unpaired) electrons. The summed E-state index contributed by atoms with van der Waals surface area (Å²) in [6.45, 7) is 0.273. The van der Waals surface area contributed by atoms with Crippen molar-refractivity contribution < 1.29 is 19.5 Å². The number of carboxylic acids is 1. The molecule has 6 nitrogen and oxygen atoms in total. The van der Waals surface area contributed by atoms with E-state index >= 15 is 0 Å². The number of carboxylic acid groups (broad SMARTS) is 1. The second-order valence-electron chi connectivity index (χ2n) is 4.35. The summed E-state index contributed by atoms with van der Waals surface area (Å²) in [5.74, 6) is -1.63. The van der Waals surface area contributed by atoms with Crippen LogP contribution in [0.1, 0.15) is 28.8 Å². The quantitative estimate of drug-likeness (QED) is 0.677. The van der Waals surface area contributed by atoms with Gasteiger partial charge in [-0.1, -0.05) is 18.2 Å². The summed E-state index contributed by atoms with van der Waals surface area (Å²) in [4.78, 5) is 33.6. The van der Waals surface area contributed by atoms with Crippen molar-refractivity contribution in [3.8, 4) is 0 Å².